The van der Waals surface area contributed by atoms with Crippen LogP contribution in [0.4, 0.5) is 5.69 Å². The average molecular weight is 425 g/mol. The Morgan fingerprint density at radius 1 is 0.750 bits per heavy atom. The van der Waals surface area contributed by atoms with E-state index in [0.717, 1.165) is 17.7 Å². The maximum absolute atomic E-state index is 12.7. The van der Waals surface area contributed by atoms with Gasteiger partial charge in [-0.15, -0.1) is 0 Å². The number of aryl methyl sites for hydroxylation is 1. The Bertz CT molecular complexity index is 1070. The SMILES string of the molecule is Cc1ccc(S(=O)(=O)N2CCN(S(=O)(=O)c3ccc([N+](=O)[O-])cc3)CC2)cc1. The van der Waals surface area contributed by atoms with Gasteiger partial charge in [-0.3, -0.25) is 10.1 Å². The lowest BCUT2D eigenvalue weighted by molar-refractivity contribution is -0.384. The number of hydrogen-bond donors (Lipinski definition) is 0. The zero-order valence-corrected chi connectivity index (χ0v) is 16.7. The van der Waals surface area contributed by atoms with Crippen LogP contribution in [0.25, 0.3) is 0 Å². The summed E-state index contributed by atoms with van der Waals surface area (Å²) in [5, 5.41) is 10.7. The first-order chi connectivity index (χ1) is 13.1. The Balaban J connectivity index is 1.73. The minimum atomic E-state index is -3.85. The van der Waals surface area contributed by atoms with E-state index in [9.17, 15) is 26.9 Å². The molecule has 1 fully saturated rings. The molecule has 1 aliphatic rings. The lowest BCUT2D eigenvalue weighted by Crippen LogP contribution is -2.50. The van der Waals surface area contributed by atoms with E-state index >= 15 is 0 Å². The van der Waals surface area contributed by atoms with Crippen molar-refractivity contribution in [1.29, 1.82) is 0 Å². The predicted octanol–water partition coefficient (Wildman–Crippen LogP) is 1.60. The van der Waals surface area contributed by atoms with Crippen molar-refractivity contribution in [3.05, 3.63) is 64.2 Å². The molecule has 0 bridgehead atoms. The number of rotatable bonds is 5. The van der Waals surface area contributed by atoms with Crippen molar-refractivity contribution in [3.8, 4) is 0 Å². The highest BCUT2D eigenvalue weighted by atomic mass is 32.2. The van der Waals surface area contributed by atoms with Gasteiger partial charge in [0.25, 0.3) is 5.69 Å². The molecule has 28 heavy (non-hydrogen) atoms. The summed E-state index contributed by atoms with van der Waals surface area (Å²) in [4.78, 5) is 10.2. The molecule has 1 heterocycles. The van der Waals surface area contributed by atoms with Crippen LogP contribution in [-0.4, -0.2) is 56.5 Å². The molecular weight excluding hydrogens is 406 g/mol. The van der Waals surface area contributed by atoms with Gasteiger partial charge in [0.2, 0.25) is 20.0 Å². The van der Waals surface area contributed by atoms with Gasteiger partial charge in [0.05, 0.1) is 14.7 Å². The molecule has 11 heteroatoms. The van der Waals surface area contributed by atoms with E-state index in [1.54, 1.807) is 12.1 Å². The highest BCUT2D eigenvalue weighted by Crippen LogP contribution is 2.23. The first-order valence-electron chi connectivity index (χ1n) is 8.44. The first-order valence-corrected chi connectivity index (χ1v) is 11.3. The number of nitro benzene ring substituents is 1. The highest BCUT2D eigenvalue weighted by molar-refractivity contribution is 7.89. The van der Waals surface area contributed by atoms with Crippen LogP contribution in [0.5, 0.6) is 0 Å². The smallest absolute Gasteiger partial charge is 0.258 e. The molecule has 150 valence electrons. The lowest BCUT2D eigenvalue weighted by Gasteiger charge is -2.33. The lowest BCUT2D eigenvalue weighted by atomic mass is 10.2. The van der Waals surface area contributed by atoms with Crippen LogP contribution in [0, 0.1) is 17.0 Å². The van der Waals surface area contributed by atoms with Gasteiger partial charge >= 0.3 is 0 Å². The monoisotopic (exact) mass is 425 g/mol. The highest BCUT2D eigenvalue weighted by Gasteiger charge is 2.33. The Kier molecular flexibility index (Phi) is 5.53. The summed E-state index contributed by atoms with van der Waals surface area (Å²) in [5.74, 6) is 0. The third-order valence-corrected chi connectivity index (χ3v) is 8.37. The number of sulfonamides is 2. The van der Waals surface area contributed by atoms with Crippen molar-refractivity contribution in [3.63, 3.8) is 0 Å². The maximum atomic E-state index is 12.7. The average Bonchev–Trinajstić information content (AvgIpc) is 2.68. The van der Waals surface area contributed by atoms with Crippen LogP contribution < -0.4 is 0 Å². The summed E-state index contributed by atoms with van der Waals surface area (Å²) >= 11 is 0. The van der Waals surface area contributed by atoms with Gasteiger partial charge in [0.1, 0.15) is 0 Å². The van der Waals surface area contributed by atoms with Crippen LogP contribution in [0.3, 0.4) is 0 Å². The molecule has 2 aromatic carbocycles. The van der Waals surface area contributed by atoms with E-state index in [2.05, 4.69) is 0 Å². The molecule has 0 radical (unpaired) electrons. The Morgan fingerprint density at radius 3 is 1.46 bits per heavy atom. The minimum absolute atomic E-state index is 0.00438. The van der Waals surface area contributed by atoms with Crippen LogP contribution in [0.15, 0.2) is 58.3 Å². The summed E-state index contributed by atoms with van der Waals surface area (Å²) in [6.07, 6.45) is 0. The van der Waals surface area contributed by atoms with Crippen LogP contribution in [0.2, 0.25) is 0 Å². The van der Waals surface area contributed by atoms with Crippen molar-refractivity contribution in [2.24, 2.45) is 0 Å². The van der Waals surface area contributed by atoms with E-state index in [1.165, 1.54) is 32.9 Å². The van der Waals surface area contributed by atoms with Gasteiger partial charge in [-0.2, -0.15) is 8.61 Å². The van der Waals surface area contributed by atoms with Gasteiger partial charge in [0.15, 0.2) is 0 Å². The second kappa shape index (κ2) is 7.59. The minimum Gasteiger partial charge on any atom is -0.258 e. The fraction of sp³-hybridized carbons (Fsp3) is 0.294. The summed E-state index contributed by atoms with van der Waals surface area (Å²) in [6.45, 7) is 1.93. The number of nitrogens with zero attached hydrogens (tertiary/aromatic N) is 3. The molecule has 3 rings (SSSR count). The Morgan fingerprint density at radius 2 is 1.11 bits per heavy atom. The fourth-order valence-corrected chi connectivity index (χ4v) is 5.74. The number of piperazine rings is 1. The molecule has 1 saturated heterocycles. The molecule has 0 aromatic heterocycles. The van der Waals surface area contributed by atoms with Crippen molar-refractivity contribution in [2.75, 3.05) is 26.2 Å². The molecule has 0 saturated carbocycles. The van der Waals surface area contributed by atoms with Crippen molar-refractivity contribution < 1.29 is 21.8 Å². The van der Waals surface area contributed by atoms with E-state index in [0.29, 0.717) is 0 Å². The number of non-ortho nitro benzene ring substituents is 1. The molecule has 1 aliphatic heterocycles. The second-order valence-corrected chi connectivity index (χ2v) is 10.2. The summed E-state index contributed by atoms with van der Waals surface area (Å²) in [7, 11) is -7.55. The third-order valence-electron chi connectivity index (χ3n) is 4.54. The molecule has 0 aliphatic carbocycles. The summed E-state index contributed by atoms with van der Waals surface area (Å²) < 4.78 is 53.3. The number of benzene rings is 2. The summed E-state index contributed by atoms with van der Waals surface area (Å²) in [5.41, 5.74) is 0.742. The van der Waals surface area contributed by atoms with Crippen molar-refractivity contribution >= 4 is 25.7 Å². The Labute approximate surface area is 163 Å². The third kappa shape index (κ3) is 3.92. The van der Waals surface area contributed by atoms with Crippen LogP contribution in [-0.2, 0) is 20.0 Å². The molecule has 2 aromatic rings. The predicted molar refractivity (Wildman–Crippen MR) is 102 cm³/mol. The van der Waals surface area contributed by atoms with Gasteiger partial charge < -0.3 is 0 Å². The van der Waals surface area contributed by atoms with Gasteiger partial charge in [-0.1, -0.05) is 17.7 Å². The summed E-state index contributed by atoms with van der Waals surface area (Å²) in [6, 6.07) is 11.1. The van der Waals surface area contributed by atoms with E-state index in [1.807, 2.05) is 6.92 Å². The largest absolute Gasteiger partial charge is 0.269 e. The van der Waals surface area contributed by atoms with Crippen LogP contribution >= 0.6 is 0 Å². The number of hydrogen-bond acceptors (Lipinski definition) is 6. The van der Waals surface area contributed by atoms with Crippen LogP contribution in [0.1, 0.15) is 5.56 Å². The van der Waals surface area contributed by atoms with Gasteiger partial charge in [-0.05, 0) is 31.2 Å². The van der Waals surface area contributed by atoms with Gasteiger partial charge in [0, 0.05) is 38.3 Å². The standard InChI is InChI=1S/C17H19N3O6S2/c1-14-2-6-16(7-3-14)27(23,24)18-10-12-19(13-11-18)28(25,26)17-8-4-15(5-9-17)20(21)22/h2-9H,10-13H2,1H3. The molecule has 0 spiro atoms. The van der Waals surface area contributed by atoms with E-state index in [-0.39, 0.29) is 41.7 Å². The maximum Gasteiger partial charge on any atom is 0.269 e. The van der Waals surface area contributed by atoms with E-state index < -0.39 is 25.0 Å². The molecule has 0 atom stereocenters. The molecule has 0 unspecified atom stereocenters. The Hall–Kier alpha value is -2.34. The van der Waals surface area contributed by atoms with E-state index in [4.69, 9.17) is 0 Å². The topological polar surface area (TPSA) is 118 Å². The molecule has 9 nitrogen and oxygen atoms in total. The quantitative estimate of drug-likeness (QED) is 0.530. The molecule has 0 N–H and O–H groups in total. The molecular formula is C17H19N3O6S2. The first kappa shape index (κ1) is 20.4. The molecule has 0 amide bonds. The van der Waals surface area contributed by atoms with Crippen molar-refractivity contribution in [1.82, 2.24) is 8.61 Å². The zero-order valence-electron chi connectivity index (χ0n) is 15.1. The van der Waals surface area contributed by atoms with Gasteiger partial charge in [-0.25, -0.2) is 16.8 Å². The fourth-order valence-electron chi connectivity index (χ4n) is 2.90. The number of nitro groups is 1. The second-order valence-electron chi connectivity index (χ2n) is 6.37. The normalized spacial score (nSPS) is 16.8. The zero-order chi connectivity index (χ0) is 20.5. The van der Waals surface area contributed by atoms with Crippen molar-refractivity contribution in [2.45, 2.75) is 16.7 Å².